The number of carbonyl (C=O) groups excluding carboxylic acids is 1. The minimum atomic E-state index is -0.359. The number of nitrogens with zero attached hydrogens (tertiary/aromatic N) is 2. The van der Waals surface area contributed by atoms with Crippen molar-refractivity contribution in [3.05, 3.63) is 84.1 Å². The molecule has 2 aromatic heterocycles. The first-order valence-electron chi connectivity index (χ1n) is 13.7. The van der Waals surface area contributed by atoms with Crippen LogP contribution in [0.2, 0.25) is 0 Å². The van der Waals surface area contributed by atoms with Gasteiger partial charge in [0.15, 0.2) is 0 Å². The number of unbranched alkanes of at least 4 members (excludes halogenated alkanes) is 2. The molecule has 0 atom stereocenters. The van der Waals surface area contributed by atoms with Gasteiger partial charge in [0.25, 0.3) is 0 Å². The molecule has 0 aliphatic carbocycles. The summed E-state index contributed by atoms with van der Waals surface area (Å²) < 4.78 is 7.87. The predicted octanol–water partition coefficient (Wildman–Crippen LogP) is 8.58. The van der Waals surface area contributed by atoms with Crippen molar-refractivity contribution in [2.24, 2.45) is 5.41 Å². The van der Waals surface area contributed by atoms with Crippen LogP contribution in [0, 0.1) is 5.41 Å². The predicted molar refractivity (Wildman–Crippen MR) is 157 cm³/mol. The highest BCUT2D eigenvalue weighted by Crippen LogP contribution is 2.35. The molecular formula is C33H41N3O2. The van der Waals surface area contributed by atoms with Gasteiger partial charge < -0.3 is 10.1 Å². The van der Waals surface area contributed by atoms with Crippen LogP contribution in [0.3, 0.4) is 0 Å². The van der Waals surface area contributed by atoms with E-state index in [0.29, 0.717) is 11.3 Å². The Kier molecular flexibility index (Phi) is 8.25. The lowest BCUT2D eigenvalue weighted by Gasteiger charge is -2.34. The van der Waals surface area contributed by atoms with Crippen molar-refractivity contribution >= 4 is 17.4 Å². The Hall–Kier alpha value is -3.60. The number of rotatable bonds is 10. The first kappa shape index (κ1) is 27.4. The smallest absolute Gasteiger partial charge is 0.343 e. The molecule has 0 bridgehead atoms. The Morgan fingerprint density at radius 2 is 1.71 bits per heavy atom. The lowest BCUT2D eigenvalue weighted by atomic mass is 9.82. The van der Waals surface area contributed by atoms with Gasteiger partial charge in [0, 0.05) is 17.3 Å². The van der Waals surface area contributed by atoms with E-state index in [1.807, 2.05) is 72.9 Å². The summed E-state index contributed by atoms with van der Waals surface area (Å²) in [5.74, 6) is 1.07. The average Bonchev–Trinajstić information content (AvgIpc) is 3.21. The fraction of sp³-hybridized carbons (Fsp3) is 0.394. The Bertz CT molecular complexity index is 1380. The number of anilines is 1. The molecule has 4 aromatic rings. The third-order valence-corrected chi connectivity index (χ3v) is 6.54. The zero-order chi connectivity index (χ0) is 27.3. The second kappa shape index (κ2) is 11.4. The molecule has 0 saturated heterocycles. The van der Waals surface area contributed by atoms with Gasteiger partial charge in [0.05, 0.1) is 5.56 Å². The molecule has 0 radical (unpaired) electrons. The number of aryl methyl sites for hydroxylation is 1. The molecule has 0 amide bonds. The maximum atomic E-state index is 12.9. The number of aromatic nitrogens is 2. The summed E-state index contributed by atoms with van der Waals surface area (Å²) in [6.45, 7) is 13.4. The fourth-order valence-electron chi connectivity index (χ4n) is 5.27. The van der Waals surface area contributed by atoms with Crippen molar-refractivity contribution in [3.8, 4) is 17.0 Å². The zero-order valence-corrected chi connectivity index (χ0v) is 23.7. The molecule has 2 aromatic carbocycles. The molecule has 200 valence electrons. The van der Waals surface area contributed by atoms with Crippen molar-refractivity contribution in [2.75, 3.05) is 5.32 Å². The van der Waals surface area contributed by atoms with Crippen LogP contribution in [0.15, 0.2) is 72.9 Å². The molecule has 4 rings (SSSR count). The highest BCUT2D eigenvalue weighted by atomic mass is 16.5. The summed E-state index contributed by atoms with van der Waals surface area (Å²) in [7, 11) is 0. The lowest BCUT2D eigenvalue weighted by molar-refractivity contribution is 0.0735. The summed E-state index contributed by atoms with van der Waals surface area (Å²) >= 11 is 0. The molecule has 0 spiro atoms. The Morgan fingerprint density at radius 3 is 2.42 bits per heavy atom. The number of pyridine rings is 1. The van der Waals surface area contributed by atoms with Crippen LogP contribution in [0.25, 0.3) is 16.9 Å². The fourth-order valence-corrected chi connectivity index (χ4v) is 5.27. The maximum absolute atomic E-state index is 12.9. The van der Waals surface area contributed by atoms with Crippen molar-refractivity contribution in [1.29, 1.82) is 0 Å². The molecule has 0 saturated carbocycles. The van der Waals surface area contributed by atoms with Crippen LogP contribution < -0.4 is 10.1 Å². The molecule has 0 aliphatic heterocycles. The molecule has 5 nitrogen and oxygen atoms in total. The van der Waals surface area contributed by atoms with Gasteiger partial charge in [-0.25, -0.2) is 9.78 Å². The standard InChI is InChI=1S/C33H41N3O2/c1-7-8-9-13-24-17-19-25(20-18-24)31(37)38-27-15-12-14-26(22-27)29-30(35-33(5,6)23-32(2,3)4)36-21-11-10-16-28(36)34-29/h10-12,14-22,35H,7-9,13,23H2,1-6H3. The molecule has 0 fully saturated rings. The van der Waals surface area contributed by atoms with Gasteiger partial charge in [-0.15, -0.1) is 0 Å². The first-order chi connectivity index (χ1) is 18.0. The SMILES string of the molecule is CCCCCc1ccc(C(=O)Oc2cccc(-c3nc4ccccn4c3NC(C)(C)CC(C)(C)C)c2)cc1. The third-order valence-electron chi connectivity index (χ3n) is 6.54. The van der Waals surface area contributed by atoms with E-state index < -0.39 is 0 Å². The van der Waals surface area contributed by atoms with E-state index in [4.69, 9.17) is 9.72 Å². The van der Waals surface area contributed by atoms with Gasteiger partial charge in [-0.3, -0.25) is 4.40 Å². The van der Waals surface area contributed by atoms with Crippen LogP contribution in [-0.4, -0.2) is 20.9 Å². The Labute approximate surface area is 227 Å². The van der Waals surface area contributed by atoms with E-state index in [1.54, 1.807) is 0 Å². The van der Waals surface area contributed by atoms with E-state index in [1.165, 1.54) is 24.8 Å². The van der Waals surface area contributed by atoms with Crippen LogP contribution in [0.5, 0.6) is 5.75 Å². The summed E-state index contributed by atoms with van der Waals surface area (Å²) in [5, 5.41) is 3.77. The average molecular weight is 512 g/mol. The number of hydrogen-bond acceptors (Lipinski definition) is 4. The second-order valence-corrected chi connectivity index (χ2v) is 12.1. The minimum absolute atomic E-state index is 0.161. The van der Waals surface area contributed by atoms with E-state index in [9.17, 15) is 4.79 Å². The van der Waals surface area contributed by atoms with E-state index in [2.05, 4.69) is 51.3 Å². The van der Waals surface area contributed by atoms with Gasteiger partial charge >= 0.3 is 5.97 Å². The normalized spacial score (nSPS) is 12.1. The van der Waals surface area contributed by atoms with Gasteiger partial charge in [-0.1, -0.05) is 70.9 Å². The van der Waals surface area contributed by atoms with Gasteiger partial charge in [0.1, 0.15) is 22.9 Å². The van der Waals surface area contributed by atoms with Crippen LogP contribution >= 0.6 is 0 Å². The monoisotopic (exact) mass is 511 g/mol. The molecule has 5 heteroatoms. The third kappa shape index (κ3) is 7.03. The van der Waals surface area contributed by atoms with Gasteiger partial charge in [-0.2, -0.15) is 0 Å². The summed E-state index contributed by atoms with van der Waals surface area (Å²) in [5.41, 5.74) is 4.38. The van der Waals surface area contributed by atoms with Crippen molar-refractivity contribution < 1.29 is 9.53 Å². The summed E-state index contributed by atoms with van der Waals surface area (Å²) in [6.07, 6.45) is 7.63. The number of hydrogen-bond donors (Lipinski definition) is 1. The summed E-state index contributed by atoms with van der Waals surface area (Å²) in [4.78, 5) is 17.8. The Balaban J connectivity index is 1.58. The van der Waals surface area contributed by atoms with Crippen molar-refractivity contribution in [1.82, 2.24) is 9.38 Å². The minimum Gasteiger partial charge on any atom is -0.423 e. The largest absolute Gasteiger partial charge is 0.423 e. The number of nitrogens with one attached hydrogen (secondary N) is 1. The number of esters is 1. The highest BCUT2D eigenvalue weighted by molar-refractivity contribution is 5.91. The number of carbonyl (C=O) groups is 1. The number of imidazole rings is 1. The Morgan fingerprint density at radius 1 is 0.947 bits per heavy atom. The lowest BCUT2D eigenvalue weighted by Crippen LogP contribution is -2.36. The maximum Gasteiger partial charge on any atom is 0.343 e. The zero-order valence-electron chi connectivity index (χ0n) is 23.7. The van der Waals surface area contributed by atoms with Crippen molar-refractivity contribution in [2.45, 2.75) is 79.2 Å². The number of ether oxygens (including phenoxy) is 1. The van der Waals surface area contributed by atoms with E-state index in [0.717, 1.165) is 35.6 Å². The molecule has 0 aliphatic rings. The van der Waals surface area contributed by atoms with E-state index in [-0.39, 0.29) is 16.9 Å². The molecule has 1 N–H and O–H groups in total. The van der Waals surface area contributed by atoms with Crippen LogP contribution in [-0.2, 0) is 6.42 Å². The summed E-state index contributed by atoms with van der Waals surface area (Å²) in [6, 6.07) is 21.4. The van der Waals surface area contributed by atoms with Gasteiger partial charge in [-0.05, 0) is 80.5 Å². The van der Waals surface area contributed by atoms with E-state index >= 15 is 0 Å². The highest BCUT2D eigenvalue weighted by Gasteiger charge is 2.28. The quantitative estimate of drug-likeness (QED) is 0.132. The molecule has 0 unspecified atom stereocenters. The second-order valence-electron chi connectivity index (χ2n) is 12.1. The molecular weight excluding hydrogens is 470 g/mol. The van der Waals surface area contributed by atoms with Crippen molar-refractivity contribution in [3.63, 3.8) is 0 Å². The number of benzene rings is 2. The van der Waals surface area contributed by atoms with Gasteiger partial charge in [0.2, 0.25) is 0 Å². The molecule has 2 heterocycles. The molecule has 38 heavy (non-hydrogen) atoms. The van der Waals surface area contributed by atoms with Crippen LogP contribution in [0.4, 0.5) is 5.82 Å². The topological polar surface area (TPSA) is 55.6 Å². The number of fused-ring (bicyclic) bond motifs is 1. The first-order valence-corrected chi connectivity index (χ1v) is 13.7. The van der Waals surface area contributed by atoms with Crippen LogP contribution in [0.1, 0.15) is 83.1 Å².